The van der Waals surface area contributed by atoms with Gasteiger partial charge in [0.2, 0.25) is 10.0 Å². The SMILES string of the molecule is CCc1ccc(NC(=O)c2ccc(S(N)(=O)=O)cc2Cl)cc1-c1ccccn1. The number of aromatic nitrogens is 1. The Balaban J connectivity index is 1.91. The molecule has 0 spiro atoms. The van der Waals surface area contributed by atoms with Crippen molar-refractivity contribution in [2.24, 2.45) is 5.14 Å². The lowest BCUT2D eigenvalue weighted by Gasteiger charge is -2.12. The summed E-state index contributed by atoms with van der Waals surface area (Å²) < 4.78 is 22.8. The highest BCUT2D eigenvalue weighted by Crippen LogP contribution is 2.27. The zero-order valence-corrected chi connectivity index (χ0v) is 16.6. The average Bonchev–Trinajstić information content (AvgIpc) is 2.67. The molecule has 0 atom stereocenters. The molecule has 28 heavy (non-hydrogen) atoms. The van der Waals surface area contributed by atoms with Gasteiger partial charge in [0.15, 0.2) is 0 Å². The van der Waals surface area contributed by atoms with Crippen molar-refractivity contribution >= 4 is 33.2 Å². The van der Waals surface area contributed by atoms with Gasteiger partial charge < -0.3 is 5.32 Å². The third kappa shape index (κ3) is 4.39. The number of amides is 1. The number of nitrogens with two attached hydrogens (primary N) is 1. The van der Waals surface area contributed by atoms with E-state index in [0.717, 1.165) is 29.3 Å². The van der Waals surface area contributed by atoms with Crippen LogP contribution in [0.25, 0.3) is 11.3 Å². The topological polar surface area (TPSA) is 102 Å². The van der Waals surface area contributed by atoms with Crippen molar-refractivity contribution in [2.45, 2.75) is 18.2 Å². The molecule has 1 heterocycles. The molecule has 3 N–H and O–H groups in total. The molecule has 0 bridgehead atoms. The minimum absolute atomic E-state index is 0.000784. The minimum atomic E-state index is -3.89. The number of sulfonamides is 1. The predicted molar refractivity (Wildman–Crippen MR) is 110 cm³/mol. The smallest absolute Gasteiger partial charge is 0.257 e. The van der Waals surface area contributed by atoms with Gasteiger partial charge in [0.25, 0.3) is 5.91 Å². The zero-order chi connectivity index (χ0) is 20.3. The molecule has 0 aliphatic heterocycles. The summed E-state index contributed by atoms with van der Waals surface area (Å²) in [5.41, 5.74) is 3.57. The van der Waals surface area contributed by atoms with Crippen LogP contribution in [0.15, 0.2) is 65.7 Å². The van der Waals surface area contributed by atoms with Gasteiger partial charge in [-0.1, -0.05) is 30.7 Å². The monoisotopic (exact) mass is 415 g/mol. The van der Waals surface area contributed by atoms with Gasteiger partial charge in [0.05, 0.1) is 21.2 Å². The lowest BCUT2D eigenvalue weighted by Crippen LogP contribution is -2.15. The average molecular weight is 416 g/mol. The van der Waals surface area contributed by atoms with Crippen LogP contribution in [0.4, 0.5) is 5.69 Å². The Morgan fingerprint density at radius 1 is 1.14 bits per heavy atom. The molecule has 6 nitrogen and oxygen atoms in total. The van der Waals surface area contributed by atoms with Gasteiger partial charge in [-0.2, -0.15) is 0 Å². The lowest BCUT2D eigenvalue weighted by molar-refractivity contribution is 0.102. The summed E-state index contributed by atoms with van der Waals surface area (Å²) in [5.74, 6) is -0.456. The number of pyridine rings is 1. The van der Waals surface area contributed by atoms with Gasteiger partial charge in [-0.3, -0.25) is 9.78 Å². The standard InChI is InChI=1S/C20H18ClN3O3S/c1-2-13-6-7-14(11-17(13)19-5-3-4-10-23-19)24-20(25)16-9-8-15(12-18(16)21)28(22,26)27/h3-12H,2H2,1H3,(H,24,25)(H2,22,26,27). The Morgan fingerprint density at radius 2 is 1.93 bits per heavy atom. The van der Waals surface area contributed by atoms with Crippen LogP contribution in [-0.2, 0) is 16.4 Å². The van der Waals surface area contributed by atoms with E-state index in [-0.39, 0.29) is 15.5 Å². The first-order chi connectivity index (χ1) is 13.3. The van der Waals surface area contributed by atoms with E-state index in [1.54, 1.807) is 12.3 Å². The number of benzene rings is 2. The molecule has 1 amide bonds. The molecule has 0 unspecified atom stereocenters. The largest absolute Gasteiger partial charge is 0.322 e. The van der Waals surface area contributed by atoms with E-state index in [2.05, 4.69) is 10.3 Å². The van der Waals surface area contributed by atoms with Crippen molar-refractivity contribution in [1.82, 2.24) is 4.98 Å². The number of primary sulfonamides is 1. The van der Waals surface area contributed by atoms with Crippen molar-refractivity contribution in [2.75, 3.05) is 5.32 Å². The van der Waals surface area contributed by atoms with Crippen LogP contribution in [0.1, 0.15) is 22.8 Å². The van der Waals surface area contributed by atoms with Crippen molar-refractivity contribution in [3.8, 4) is 11.3 Å². The van der Waals surface area contributed by atoms with E-state index in [0.29, 0.717) is 5.69 Å². The van der Waals surface area contributed by atoms with Crippen LogP contribution in [0.5, 0.6) is 0 Å². The molecule has 144 valence electrons. The van der Waals surface area contributed by atoms with Crippen LogP contribution in [-0.4, -0.2) is 19.3 Å². The summed E-state index contributed by atoms with van der Waals surface area (Å²) in [6.07, 6.45) is 2.54. The molecule has 0 saturated heterocycles. The first kappa shape index (κ1) is 20.0. The van der Waals surface area contributed by atoms with Gasteiger partial charge in [-0.25, -0.2) is 13.6 Å². The molecule has 0 fully saturated rings. The molecule has 2 aromatic carbocycles. The normalized spacial score (nSPS) is 11.2. The van der Waals surface area contributed by atoms with Gasteiger partial charge in [0, 0.05) is 17.4 Å². The summed E-state index contributed by atoms with van der Waals surface area (Å²) >= 11 is 6.08. The highest BCUT2D eigenvalue weighted by atomic mass is 35.5. The summed E-state index contributed by atoms with van der Waals surface area (Å²) in [7, 11) is -3.89. The number of hydrogen-bond acceptors (Lipinski definition) is 4. The highest BCUT2D eigenvalue weighted by Gasteiger charge is 2.16. The zero-order valence-electron chi connectivity index (χ0n) is 15.0. The summed E-state index contributed by atoms with van der Waals surface area (Å²) in [6, 6.07) is 15.0. The van der Waals surface area contributed by atoms with Crippen molar-refractivity contribution in [1.29, 1.82) is 0 Å². The molecular formula is C20H18ClN3O3S. The van der Waals surface area contributed by atoms with Crippen LogP contribution in [0.3, 0.4) is 0 Å². The van der Waals surface area contributed by atoms with E-state index in [1.165, 1.54) is 12.1 Å². The Morgan fingerprint density at radius 3 is 2.54 bits per heavy atom. The minimum Gasteiger partial charge on any atom is -0.322 e. The Kier molecular flexibility index (Phi) is 5.79. The number of rotatable bonds is 5. The summed E-state index contributed by atoms with van der Waals surface area (Å²) in [4.78, 5) is 16.8. The Bertz CT molecular complexity index is 1130. The van der Waals surface area contributed by atoms with E-state index >= 15 is 0 Å². The number of halogens is 1. The van der Waals surface area contributed by atoms with Crippen LogP contribution in [0, 0.1) is 0 Å². The Hall–Kier alpha value is -2.74. The van der Waals surface area contributed by atoms with Crippen molar-refractivity contribution in [3.05, 3.63) is 76.9 Å². The maximum atomic E-state index is 12.6. The number of carbonyl (C=O) groups is 1. The second-order valence-corrected chi connectivity index (χ2v) is 8.05. The molecular weight excluding hydrogens is 398 g/mol. The summed E-state index contributed by atoms with van der Waals surface area (Å²) in [5, 5.41) is 7.87. The van der Waals surface area contributed by atoms with Gasteiger partial charge in [-0.05, 0) is 54.4 Å². The third-order valence-corrected chi connectivity index (χ3v) is 5.43. The van der Waals surface area contributed by atoms with E-state index in [4.69, 9.17) is 16.7 Å². The fraction of sp³-hybridized carbons (Fsp3) is 0.100. The molecule has 8 heteroatoms. The summed E-state index contributed by atoms with van der Waals surface area (Å²) in [6.45, 7) is 2.05. The molecule has 0 radical (unpaired) electrons. The van der Waals surface area contributed by atoms with Crippen molar-refractivity contribution < 1.29 is 13.2 Å². The first-order valence-corrected chi connectivity index (χ1v) is 10.4. The van der Waals surface area contributed by atoms with E-state index < -0.39 is 15.9 Å². The second kappa shape index (κ2) is 8.10. The number of nitrogens with one attached hydrogen (secondary N) is 1. The maximum Gasteiger partial charge on any atom is 0.257 e. The van der Waals surface area contributed by atoms with E-state index in [1.807, 2.05) is 37.3 Å². The van der Waals surface area contributed by atoms with Gasteiger partial charge >= 0.3 is 0 Å². The number of carbonyl (C=O) groups excluding carboxylic acids is 1. The second-order valence-electron chi connectivity index (χ2n) is 6.08. The number of hydrogen-bond donors (Lipinski definition) is 2. The predicted octanol–water partition coefficient (Wildman–Crippen LogP) is 3.86. The lowest BCUT2D eigenvalue weighted by atomic mass is 10.0. The molecule has 3 aromatic rings. The quantitative estimate of drug-likeness (QED) is 0.660. The fourth-order valence-corrected chi connectivity index (χ4v) is 3.65. The van der Waals surface area contributed by atoms with E-state index in [9.17, 15) is 13.2 Å². The van der Waals surface area contributed by atoms with Crippen LogP contribution in [0.2, 0.25) is 5.02 Å². The van der Waals surface area contributed by atoms with Crippen LogP contribution >= 0.6 is 11.6 Å². The molecule has 0 saturated carbocycles. The van der Waals surface area contributed by atoms with Crippen molar-refractivity contribution in [3.63, 3.8) is 0 Å². The van der Waals surface area contributed by atoms with Crippen LogP contribution < -0.4 is 10.5 Å². The maximum absolute atomic E-state index is 12.6. The van der Waals surface area contributed by atoms with Gasteiger partial charge in [0.1, 0.15) is 0 Å². The molecule has 1 aromatic heterocycles. The van der Waals surface area contributed by atoms with Gasteiger partial charge in [-0.15, -0.1) is 0 Å². The third-order valence-electron chi connectivity index (χ3n) is 4.20. The Labute approximate surface area is 168 Å². The first-order valence-electron chi connectivity index (χ1n) is 8.47. The molecule has 0 aliphatic rings. The fourth-order valence-electron chi connectivity index (χ4n) is 2.78. The highest BCUT2D eigenvalue weighted by molar-refractivity contribution is 7.89. The number of anilines is 1. The number of aryl methyl sites for hydroxylation is 1. The molecule has 0 aliphatic carbocycles. The number of nitrogens with zero attached hydrogens (tertiary/aromatic N) is 1. The molecule has 3 rings (SSSR count).